The van der Waals surface area contributed by atoms with Crippen LogP contribution in [0, 0.1) is 13.8 Å². The molecule has 2 aromatic rings. The second-order valence-corrected chi connectivity index (χ2v) is 7.05. The number of hydrogen-bond acceptors (Lipinski definition) is 3. The zero-order valence-corrected chi connectivity index (χ0v) is 13.8. The van der Waals surface area contributed by atoms with Crippen LogP contribution in [0.1, 0.15) is 46.7 Å². The number of rotatable bonds is 6. The van der Waals surface area contributed by atoms with E-state index < -0.39 is 0 Å². The first-order chi connectivity index (χ1) is 10.2. The maximum Gasteiger partial charge on any atom is 0.119 e. The summed E-state index contributed by atoms with van der Waals surface area (Å²) >= 11 is 1.89. The number of aryl methyl sites for hydroxylation is 2. The van der Waals surface area contributed by atoms with Crippen molar-refractivity contribution in [3.05, 3.63) is 51.2 Å². The highest BCUT2D eigenvalue weighted by atomic mass is 32.1. The van der Waals surface area contributed by atoms with Crippen molar-refractivity contribution in [2.24, 2.45) is 0 Å². The molecular weight excluding hydrogens is 278 g/mol. The molecule has 1 saturated carbocycles. The molecule has 0 spiro atoms. The maximum atomic E-state index is 5.83. The van der Waals surface area contributed by atoms with Crippen LogP contribution < -0.4 is 10.1 Å². The zero-order valence-electron chi connectivity index (χ0n) is 13.0. The molecule has 112 valence electrons. The summed E-state index contributed by atoms with van der Waals surface area (Å²) in [5, 5.41) is 3.60. The first kappa shape index (κ1) is 14.6. The number of thiophene rings is 1. The minimum absolute atomic E-state index is 0.280. The summed E-state index contributed by atoms with van der Waals surface area (Å²) in [6.45, 7) is 7.50. The van der Waals surface area contributed by atoms with Gasteiger partial charge in [0.2, 0.25) is 0 Å². The lowest BCUT2D eigenvalue weighted by atomic mass is 10.0. The van der Waals surface area contributed by atoms with E-state index in [1.807, 2.05) is 11.3 Å². The van der Waals surface area contributed by atoms with Crippen molar-refractivity contribution in [1.82, 2.24) is 5.32 Å². The summed E-state index contributed by atoms with van der Waals surface area (Å²) in [5.41, 5.74) is 2.69. The van der Waals surface area contributed by atoms with E-state index in [4.69, 9.17) is 4.74 Å². The SMILES string of the molecule is CCNC(c1ccc(OC2CC2)cc1)c1cc(C)c(C)s1. The Morgan fingerprint density at radius 3 is 2.48 bits per heavy atom. The topological polar surface area (TPSA) is 21.3 Å². The molecule has 1 N–H and O–H groups in total. The Morgan fingerprint density at radius 2 is 1.95 bits per heavy atom. The second-order valence-electron chi connectivity index (χ2n) is 5.76. The predicted molar refractivity (Wildman–Crippen MR) is 89.4 cm³/mol. The largest absolute Gasteiger partial charge is 0.490 e. The average molecular weight is 301 g/mol. The molecular formula is C18H23NOS. The average Bonchev–Trinajstić information content (AvgIpc) is 3.23. The van der Waals surface area contributed by atoms with E-state index in [9.17, 15) is 0 Å². The van der Waals surface area contributed by atoms with Crippen LogP contribution in [0.15, 0.2) is 30.3 Å². The molecule has 0 saturated heterocycles. The van der Waals surface area contributed by atoms with E-state index in [0.717, 1.165) is 12.3 Å². The first-order valence-corrected chi connectivity index (χ1v) is 8.56. The monoisotopic (exact) mass is 301 g/mol. The van der Waals surface area contributed by atoms with Gasteiger partial charge in [-0.05, 0) is 62.6 Å². The molecule has 1 aromatic heterocycles. The van der Waals surface area contributed by atoms with Crippen LogP contribution >= 0.6 is 11.3 Å². The summed E-state index contributed by atoms with van der Waals surface area (Å²) in [7, 11) is 0. The van der Waals surface area contributed by atoms with Crippen molar-refractivity contribution in [3.8, 4) is 5.75 Å². The highest BCUT2D eigenvalue weighted by molar-refractivity contribution is 7.12. The molecule has 1 unspecified atom stereocenters. The molecule has 0 amide bonds. The molecule has 1 aliphatic rings. The van der Waals surface area contributed by atoms with Gasteiger partial charge in [-0.25, -0.2) is 0 Å². The van der Waals surface area contributed by atoms with Gasteiger partial charge in [0.15, 0.2) is 0 Å². The van der Waals surface area contributed by atoms with E-state index in [2.05, 4.69) is 56.4 Å². The molecule has 1 heterocycles. The van der Waals surface area contributed by atoms with Crippen molar-refractivity contribution in [2.75, 3.05) is 6.54 Å². The fraction of sp³-hybridized carbons (Fsp3) is 0.444. The van der Waals surface area contributed by atoms with Crippen molar-refractivity contribution in [2.45, 2.75) is 45.8 Å². The van der Waals surface area contributed by atoms with Gasteiger partial charge in [-0.15, -0.1) is 11.3 Å². The van der Waals surface area contributed by atoms with Crippen molar-refractivity contribution < 1.29 is 4.74 Å². The molecule has 2 nitrogen and oxygen atoms in total. The highest BCUT2D eigenvalue weighted by Gasteiger charge is 2.23. The van der Waals surface area contributed by atoms with Gasteiger partial charge in [0.25, 0.3) is 0 Å². The van der Waals surface area contributed by atoms with Crippen LogP contribution in [0.3, 0.4) is 0 Å². The van der Waals surface area contributed by atoms with Crippen LogP contribution in [0.4, 0.5) is 0 Å². The highest BCUT2D eigenvalue weighted by Crippen LogP contribution is 2.32. The van der Waals surface area contributed by atoms with E-state index in [1.165, 1.54) is 33.7 Å². The number of ether oxygens (including phenoxy) is 1. The Kier molecular flexibility index (Phi) is 4.32. The summed E-state index contributed by atoms with van der Waals surface area (Å²) in [6.07, 6.45) is 2.87. The third-order valence-corrected chi connectivity index (χ3v) is 5.14. The molecule has 1 aliphatic carbocycles. The van der Waals surface area contributed by atoms with Crippen LogP contribution in [-0.4, -0.2) is 12.6 Å². The molecule has 1 atom stereocenters. The zero-order chi connectivity index (χ0) is 14.8. The first-order valence-electron chi connectivity index (χ1n) is 7.74. The molecule has 1 aromatic carbocycles. The molecule has 0 bridgehead atoms. The smallest absolute Gasteiger partial charge is 0.119 e. The van der Waals surface area contributed by atoms with Crippen LogP contribution in [0.2, 0.25) is 0 Å². The van der Waals surface area contributed by atoms with E-state index in [1.54, 1.807) is 0 Å². The molecule has 3 heteroatoms. The quantitative estimate of drug-likeness (QED) is 0.841. The Bertz CT molecular complexity index is 579. The Labute approximate surface area is 131 Å². The maximum absolute atomic E-state index is 5.83. The lowest BCUT2D eigenvalue weighted by molar-refractivity contribution is 0.303. The van der Waals surface area contributed by atoms with E-state index >= 15 is 0 Å². The van der Waals surface area contributed by atoms with E-state index in [0.29, 0.717) is 6.10 Å². The summed E-state index contributed by atoms with van der Waals surface area (Å²) in [4.78, 5) is 2.80. The molecule has 0 aliphatic heterocycles. The Hall–Kier alpha value is -1.32. The van der Waals surface area contributed by atoms with Gasteiger partial charge in [0.05, 0.1) is 12.1 Å². The Morgan fingerprint density at radius 1 is 1.24 bits per heavy atom. The summed E-state index contributed by atoms with van der Waals surface area (Å²) in [6, 6.07) is 11.2. The normalized spacial score (nSPS) is 16.0. The van der Waals surface area contributed by atoms with Gasteiger partial charge in [-0.3, -0.25) is 0 Å². The Balaban J connectivity index is 1.82. The fourth-order valence-corrected chi connectivity index (χ4v) is 3.59. The van der Waals surface area contributed by atoms with Gasteiger partial charge < -0.3 is 10.1 Å². The number of nitrogens with one attached hydrogen (secondary N) is 1. The molecule has 0 radical (unpaired) electrons. The predicted octanol–water partition coefficient (Wildman–Crippen LogP) is 4.61. The number of hydrogen-bond donors (Lipinski definition) is 1. The third-order valence-electron chi connectivity index (χ3n) is 3.92. The lowest BCUT2D eigenvalue weighted by Gasteiger charge is -2.17. The van der Waals surface area contributed by atoms with Crippen LogP contribution in [0.25, 0.3) is 0 Å². The second kappa shape index (κ2) is 6.20. The van der Waals surface area contributed by atoms with Crippen molar-refractivity contribution in [1.29, 1.82) is 0 Å². The summed E-state index contributed by atoms with van der Waals surface area (Å²) in [5.74, 6) is 0.995. The lowest BCUT2D eigenvalue weighted by Crippen LogP contribution is -2.21. The van der Waals surface area contributed by atoms with Crippen molar-refractivity contribution in [3.63, 3.8) is 0 Å². The third kappa shape index (κ3) is 3.47. The standard InChI is InChI=1S/C18H23NOS/c1-4-19-18(17-11-12(2)13(3)21-17)14-5-7-15(8-6-14)20-16-9-10-16/h5-8,11,16,18-19H,4,9-10H2,1-3H3. The molecule has 1 fully saturated rings. The van der Waals surface area contributed by atoms with Gasteiger partial charge in [-0.1, -0.05) is 19.1 Å². The number of benzene rings is 1. The van der Waals surface area contributed by atoms with Crippen LogP contribution in [-0.2, 0) is 0 Å². The van der Waals surface area contributed by atoms with E-state index in [-0.39, 0.29) is 6.04 Å². The van der Waals surface area contributed by atoms with Gasteiger partial charge in [0.1, 0.15) is 5.75 Å². The van der Waals surface area contributed by atoms with Gasteiger partial charge in [0, 0.05) is 9.75 Å². The van der Waals surface area contributed by atoms with Crippen LogP contribution in [0.5, 0.6) is 5.75 Å². The molecule has 21 heavy (non-hydrogen) atoms. The summed E-state index contributed by atoms with van der Waals surface area (Å²) < 4.78 is 5.83. The minimum Gasteiger partial charge on any atom is -0.490 e. The fourth-order valence-electron chi connectivity index (χ4n) is 2.45. The van der Waals surface area contributed by atoms with Gasteiger partial charge >= 0.3 is 0 Å². The minimum atomic E-state index is 0.280. The van der Waals surface area contributed by atoms with Crippen molar-refractivity contribution >= 4 is 11.3 Å². The molecule has 3 rings (SSSR count). The van der Waals surface area contributed by atoms with Gasteiger partial charge in [-0.2, -0.15) is 0 Å².